The maximum atomic E-state index is 15.3. The second-order valence-corrected chi connectivity index (χ2v) is 7.52. The molecule has 1 aliphatic heterocycles. The number of hydrogen-bond acceptors (Lipinski definition) is 7. The maximum Gasteiger partial charge on any atom is 0.229 e. The fourth-order valence-electron chi connectivity index (χ4n) is 3.72. The number of nitrogens with zero attached hydrogens (tertiary/aromatic N) is 7. The number of nitrogens with one attached hydrogen (secondary N) is 2. The highest BCUT2D eigenvalue weighted by Gasteiger charge is 2.24. The van der Waals surface area contributed by atoms with Crippen molar-refractivity contribution in [3.63, 3.8) is 0 Å². The molecule has 0 amide bonds. The van der Waals surface area contributed by atoms with Crippen LogP contribution in [-0.2, 0) is 13.6 Å². The first-order valence-corrected chi connectivity index (χ1v) is 10.1. The Kier molecular flexibility index (Phi) is 5.13. The molecule has 1 fully saturated rings. The Hall–Kier alpha value is -3.67. The number of halogens is 3. The van der Waals surface area contributed by atoms with Gasteiger partial charge in [-0.1, -0.05) is 0 Å². The fraction of sp³-hybridized carbons (Fsp3) is 0.300. The Balaban J connectivity index is 1.49. The van der Waals surface area contributed by atoms with Gasteiger partial charge < -0.3 is 15.5 Å². The van der Waals surface area contributed by atoms with Crippen LogP contribution < -0.4 is 15.5 Å². The summed E-state index contributed by atoms with van der Waals surface area (Å²) in [6.07, 6.45) is 6.41. The zero-order chi connectivity index (χ0) is 22.2. The number of hydrogen-bond donors (Lipinski definition) is 2. The van der Waals surface area contributed by atoms with Crippen LogP contribution in [0.2, 0.25) is 0 Å². The van der Waals surface area contributed by atoms with Gasteiger partial charge >= 0.3 is 0 Å². The third-order valence-electron chi connectivity index (χ3n) is 5.33. The quantitative estimate of drug-likeness (QED) is 0.457. The lowest BCUT2D eigenvalue weighted by atomic mass is 10.1. The molecule has 1 aromatic carbocycles. The van der Waals surface area contributed by atoms with Crippen LogP contribution in [0.25, 0.3) is 11.0 Å². The fourth-order valence-corrected chi connectivity index (χ4v) is 3.72. The summed E-state index contributed by atoms with van der Waals surface area (Å²) in [7, 11) is 1.78. The molecule has 4 aromatic rings. The van der Waals surface area contributed by atoms with E-state index < -0.39 is 23.0 Å². The van der Waals surface area contributed by atoms with E-state index in [9.17, 15) is 8.78 Å². The first-order valence-electron chi connectivity index (χ1n) is 10.1. The molecular formula is C20H20F3N9. The normalized spacial score (nSPS) is 14.3. The molecule has 1 aliphatic rings. The molecule has 32 heavy (non-hydrogen) atoms. The van der Waals surface area contributed by atoms with E-state index >= 15 is 4.39 Å². The van der Waals surface area contributed by atoms with Crippen molar-refractivity contribution in [3.8, 4) is 0 Å². The first kappa shape index (κ1) is 20.2. The summed E-state index contributed by atoms with van der Waals surface area (Å²) in [4.78, 5) is 10.3. The van der Waals surface area contributed by atoms with Crippen molar-refractivity contribution >= 4 is 28.4 Å². The van der Waals surface area contributed by atoms with Gasteiger partial charge in [0.15, 0.2) is 23.1 Å². The van der Waals surface area contributed by atoms with Gasteiger partial charge in [0.25, 0.3) is 0 Å². The van der Waals surface area contributed by atoms with E-state index in [0.29, 0.717) is 42.9 Å². The minimum Gasteiger partial charge on any atom is -0.367 e. The average Bonchev–Trinajstić information content (AvgIpc) is 3.39. The van der Waals surface area contributed by atoms with Gasteiger partial charge in [-0.25, -0.2) is 22.8 Å². The van der Waals surface area contributed by atoms with Crippen LogP contribution in [0, 0.1) is 17.5 Å². The van der Waals surface area contributed by atoms with Crippen LogP contribution in [0.15, 0.2) is 30.9 Å². The van der Waals surface area contributed by atoms with Gasteiger partial charge in [0.2, 0.25) is 5.95 Å². The van der Waals surface area contributed by atoms with Crippen molar-refractivity contribution < 1.29 is 13.2 Å². The zero-order valence-electron chi connectivity index (χ0n) is 17.2. The number of fused-ring (bicyclic) bond motifs is 1. The molecule has 4 heterocycles. The third kappa shape index (κ3) is 3.73. The van der Waals surface area contributed by atoms with Crippen molar-refractivity contribution in [2.75, 3.05) is 36.4 Å². The summed E-state index contributed by atoms with van der Waals surface area (Å²) in [6.45, 7) is 1.97. The lowest BCUT2D eigenvalue weighted by Gasteiger charge is -2.30. The van der Waals surface area contributed by atoms with Crippen molar-refractivity contribution in [1.29, 1.82) is 0 Å². The molecule has 0 spiro atoms. The monoisotopic (exact) mass is 443 g/mol. The number of piperazine rings is 1. The van der Waals surface area contributed by atoms with Crippen molar-refractivity contribution in [1.82, 2.24) is 34.8 Å². The second kappa shape index (κ2) is 8.11. The molecule has 1 saturated heterocycles. The summed E-state index contributed by atoms with van der Waals surface area (Å²) in [5.74, 6) is -2.85. The van der Waals surface area contributed by atoms with Crippen LogP contribution >= 0.6 is 0 Å². The second-order valence-electron chi connectivity index (χ2n) is 7.52. The summed E-state index contributed by atoms with van der Waals surface area (Å²) in [6, 6.07) is 0.915. The number of benzene rings is 1. The molecule has 0 unspecified atom stereocenters. The topological polar surface area (TPSA) is 88.7 Å². The van der Waals surface area contributed by atoms with Gasteiger partial charge in [0.05, 0.1) is 41.3 Å². The predicted molar refractivity (Wildman–Crippen MR) is 112 cm³/mol. The average molecular weight is 443 g/mol. The van der Waals surface area contributed by atoms with E-state index in [2.05, 4.69) is 30.8 Å². The Bertz CT molecular complexity index is 1280. The summed E-state index contributed by atoms with van der Waals surface area (Å²) >= 11 is 0. The molecule has 0 bridgehead atoms. The summed E-state index contributed by atoms with van der Waals surface area (Å²) < 4.78 is 47.2. The van der Waals surface area contributed by atoms with Crippen molar-refractivity contribution in [3.05, 3.63) is 53.9 Å². The predicted octanol–water partition coefficient (Wildman–Crippen LogP) is 2.18. The lowest BCUT2D eigenvalue weighted by molar-refractivity contribution is 0.468. The smallest absolute Gasteiger partial charge is 0.229 e. The third-order valence-corrected chi connectivity index (χ3v) is 5.33. The molecule has 0 radical (unpaired) electrons. The van der Waals surface area contributed by atoms with Gasteiger partial charge in [0, 0.05) is 51.7 Å². The minimum absolute atomic E-state index is 0.0467. The van der Waals surface area contributed by atoms with Crippen LogP contribution in [0.4, 0.5) is 30.5 Å². The van der Waals surface area contributed by atoms with Gasteiger partial charge in [0.1, 0.15) is 0 Å². The van der Waals surface area contributed by atoms with E-state index in [-0.39, 0.29) is 18.2 Å². The molecular weight excluding hydrogens is 423 g/mol. The maximum absolute atomic E-state index is 15.3. The van der Waals surface area contributed by atoms with Gasteiger partial charge in [-0.15, -0.1) is 0 Å². The van der Waals surface area contributed by atoms with E-state index in [1.165, 1.54) is 10.9 Å². The van der Waals surface area contributed by atoms with E-state index in [1.54, 1.807) is 35.2 Å². The molecule has 9 nitrogen and oxygen atoms in total. The number of aromatic nitrogens is 6. The molecule has 2 N–H and O–H groups in total. The minimum atomic E-state index is -1.23. The molecule has 5 rings (SSSR count). The van der Waals surface area contributed by atoms with Crippen LogP contribution in [0.1, 0.15) is 5.56 Å². The standard InChI is InChI=1S/C20H20F3N9/c1-30-10-13(9-26-30)28-20-25-7-12-8-27-32(19(12)29-20)11-14-17(22)15(21)6-16(18(14)23)31-4-2-24-3-5-31/h6-10,24H,2-5,11H2,1H3,(H,25,28,29). The SMILES string of the molecule is Cn1cc(Nc2ncc3cnn(Cc4c(F)c(F)cc(N5CCNCC5)c4F)c3n2)cn1. The van der Waals surface area contributed by atoms with Crippen LogP contribution in [-0.4, -0.2) is 55.7 Å². The summed E-state index contributed by atoms with van der Waals surface area (Å²) in [5, 5.41) is 15.0. The van der Waals surface area contributed by atoms with Gasteiger partial charge in [-0.3, -0.25) is 4.68 Å². The van der Waals surface area contributed by atoms with Crippen molar-refractivity contribution in [2.24, 2.45) is 7.05 Å². The number of aryl methyl sites for hydroxylation is 1. The largest absolute Gasteiger partial charge is 0.367 e. The van der Waals surface area contributed by atoms with E-state index in [1.807, 2.05) is 0 Å². The Morgan fingerprint density at radius 2 is 1.88 bits per heavy atom. The lowest BCUT2D eigenvalue weighted by Crippen LogP contribution is -2.44. The summed E-state index contributed by atoms with van der Waals surface area (Å²) in [5.41, 5.74) is 0.688. The first-order chi connectivity index (χ1) is 15.5. The highest BCUT2D eigenvalue weighted by atomic mass is 19.2. The molecule has 0 atom stereocenters. The highest BCUT2D eigenvalue weighted by Crippen LogP contribution is 2.29. The van der Waals surface area contributed by atoms with E-state index in [4.69, 9.17) is 0 Å². The van der Waals surface area contributed by atoms with Crippen LogP contribution in [0.3, 0.4) is 0 Å². The zero-order valence-corrected chi connectivity index (χ0v) is 17.2. The molecule has 0 aliphatic carbocycles. The Morgan fingerprint density at radius 1 is 1.06 bits per heavy atom. The Morgan fingerprint density at radius 3 is 2.62 bits per heavy atom. The van der Waals surface area contributed by atoms with Gasteiger partial charge in [-0.05, 0) is 0 Å². The molecule has 3 aromatic heterocycles. The molecule has 12 heteroatoms. The Labute approximate surface area is 180 Å². The molecule has 166 valence electrons. The van der Waals surface area contributed by atoms with Crippen LogP contribution in [0.5, 0.6) is 0 Å². The van der Waals surface area contributed by atoms with E-state index in [0.717, 1.165) is 6.07 Å². The number of rotatable bonds is 5. The van der Waals surface area contributed by atoms with Gasteiger partial charge in [-0.2, -0.15) is 15.2 Å². The van der Waals surface area contributed by atoms with Crippen molar-refractivity contribution in [2.45, 2.75) is 6.54 Å². The highest BCUT2D eigenvalue weighted by molar-refractivity contribution is 5.75. The molecule has 0 saturated carbocycles. The number of anilines is 3.